The van der Waals surface area contributed by atoms with Crippen LogP contribution in [0.25, 0.3) is 0 Å². The molecule has 0 aromatic heterocycles. The number of amides is 1. The Morgan fingerprint density at radius 1 is 1.45 bits per heavy atom. The Hall–Kier alpha value is -1.30. The number of aliphatic hydroxyl groups is 1. The van der Waals surface area contributed by atoms with Gasteiger partial charge >= 0.3 is 0 Å². The number of hydrazine groups is 1. The summed E-state index contributed by atoms with van der Waals surface area (Å²) in [5.74, 6) is 5.32. The number of halogens is 1. The second-order valence-corrected chi connectivity index (χ2v) is 5.45. The minimum Gasteiger partial charge on any atom is -0.394 e. The third kappa shape index (κ3) is 3.23. The Kier molecular flexibility index (Phi) is 5.23. The Labute approximate surface area is 123 Å². The van der Waals surface area contributed by atoms with Crippen molar-refractivity contribution in [2.45, 2.75) is 31.7 Å². The predicted octanol–water partition coefficient (Wildman–Crippen LogP) is 2.00. The lowest BCUT2D eigenvalue weighted by Crippen LogP contribution is -2.42. The van der Waals surface area contributed by atoms with E-state index in [9.17, 15) is 9.90 Å². The van der Waals surface area contributed by atoms with Crippen molar-refractivity contribution < 1.29 is 9.90 Å². The zero-order valence-electron chi connectivity index (χ0n) is 11.3. The molecule has 1 aromatic rings. The zero-order valence-corrected chi connectivity index (χ0v) is 12.1. The van der Waals surface area contributed by atoms with Crippen LogP contribution in [0.3, 0.4) is 0 Å². The number of carbonyl (C=O) groups is 1. The van der Waals surface area contributed by atoms with Gasteiger partial charge in [0.05, 0.1) is 23.9 Å². The van der Waals surface area contributed by atoms with Gasteiger partial charge in [-0.15, -0.1) is 0 Å². The van der Waals surface area contributed by atoms with E-state index < -0.39 is 0 Å². The number of nitrogens with two attached hydrogens (primary N) is 1. The van der Waals surface area contributed by atoms with Gasteiger partial charge in [0, 0.05) is 11.6 Å². The number of anilines is 1. The van der Waals surface area contributed by atoms with Crippen molar-refractivity contribution in [1.82, 2.24) is 4.90 Å². The molecule has 1 aliphatic heterocycles. The fraction of sp³-hybridized carbons (Fsp3) is 0.500. The molecule has 1 unspecified atom stereocenters. The maximum Gasteiger partial charge on any atom is 0.256 e. The van der Waals surface area contributed by atoms with Crippen molar-refractivity contribution >= 4 is 23.2 Å². The smallest absolute Gasteiger partial charge is 0.256 e. The number of hydrogen-bond acceptors (Lipinski definition) is 4. The summed E-state index contributed by atoms with van der Waals surface area (Å²) < 4.78 is 0. The lowest BCUT2D eigenvalue weighted by atomic mass is 10.1. The van der Waals surface area contributed by atoms with Crippen LogP contribution in [-0.2, 0) is 0 Å². The van der Waals surface area contributed by atoms with Crippen molar-refractivity contribution in [2.24, 2.45) is 5.84 Å². The molecular formula is C14H20ClN3O2. The van der Waals surface area contributed by atoms with Crippen LogP contribution >= 0.6 is 11.6 Å². The molecule has 6 heteroatoms. The molecule has 1 heterocycles. The Balaban J connectivity index is 2.30. The molecule has 2 rings (SSSR count). The molecule has 20 heavy (non-hydrogen) atoms. The van der Waals surface area contributed by atoms with Gasteiger partial charge in [-0.05, 0) is 31.0 Å². The molecule has 1 fully saturated rings. The summed E-state index contributed by atoms with van der Waals surface area (Å²) in [6.07, 6.45) is 3.90. The maximum absolute atomic E-state index is 12.7. The third-order valence-electron chi connectivity index (χ3n) is 3.72. The van der Waals surface area contributed by atoms with Gasteiger partial charge in [0.2, 0.25) is 0 Å². The van der Waals surface area contributed by atoms with Crippen molar-refractivity contribution in [1.29, 1.82) is 0 Å². The van der Waals surface area contributed by atoms with E-state index in [1.165, 1.54) is 0 Å². The number of rotatable bonds is 3. The molecule has 110 valence electrons. The van der Waals surface area contributed by atoms with E-state index >= 15 is 0 Å². The fourth-order valence-corrected chi connectivity index (χ4v) is 2.78. The molecular weight excluding hydrogens is 278 g/mol. The predicted molar refractivity (Wildman–Crippen MR) is 79.6 cm³/mol. The topological polar surface area (TPSA) is 78.6 Å². The van der Waals surface area contributed by atoms with E-state index in [1.807, 2.05) is 0 Å². The van der Waals surface area contributed by atoms with Gasteiger partial charge in [0.15, 0.2) is 0 Å². The number of carbonyl (C=O) groups excluding carboxylic acids is 1. The molecule has 0 bridgehead atoms. The fourth-order valence-electron chi connectivity index (χ4n) is 2.61. The van der Waals surface area contributed by atoms with E-state index in [0.29, 0.717) is 22.8 Å². The van der Waals surface area contributed by atoms with E-state index in [-0.39, 0.29) is 18.6 Å². The summed E-state index contributed by atoms with van der Waals surface area (Å²) in [5, 5.41) is 9.99. The van der Waals surface area contributed by atoms with Crippen LogP contribution in [0, 0.1) is 0 Å². The molecule has 0 saturated carbocycles. The molecule has 0 radical (unpaired) electrons. The minimum atomic E-state index is -0.138. The first-order valence-corrected chi connectivity index (χ1v) is 7.23. The highest BCUT2D eigenvalue weighted by molar-refractivity contribution is 6.31. The molecule has 0 spiro atoms. The van der Waals surface area contributed by atoms with Crippen LogP contribution in [-0.4, -0.2) is 35.1 Å². The molecule has 1 saturated heterocycles. The van der Waals surface area contributed by atoms with Crippen molar-refractivity contribution in [3.05, 3.63) is 28.8 Å². The number of benzene rings is 1. The summed E-state index contributed by atoms with van der Waals surface area (Å²) in [7, 11) is 0. The zero-order chi connectivity index (χ0) is 14.5. The average Bonchev–Trinajstić information content (AvgIpc) is 2.71. The monoisotopic (exact) mass is 297 g/mol. The van der Waals surface area contributed by atoms with Crippen LogP contribution < -0.4 is 11.3 Å². The molecule has 5 nitrogen and oxygen atoms in total. The molecule has 4 N–H and O–H groups in total. The lowest BCUT2D eigenvalue weighted by Gasteiger charge is -2.29. The lowest BCUT2D eigenvalue weighted by molar-refractivity contribution is 0.0600. The highest BCUT2D eigenvalue weighted by Gasteiger charge is 2.27. The van der Waals surface area contributed by atoms with E-state index in [1.54, 1.807) is 23.1 Å². The number of nitrogens with zero attached hydrogens (tertiary/aromatic N) is 1. The van der Waals surface area contributed by atoms with Crippen LogP contribution in [0.5, 0.6) is 0 Å². The summed E-state index contributed by atoms with van der Waals surface area (Å²) in [5.41, 5.74) is 3.51. The van der Waals surface area contributed by atoms with E-state index in [4.69, 9.17) is 17.4 Å². The van der Waals surface area contributed by atoms with Crippen LogP contribution in [0.2, 0.25) is 5.02 Å². The van der Waals surface area contributed by atoms with Crippen molar-refractivity contribution in [2.75, 3.05) is 18.6 Å². The number of nitrogens with one attached hydrogen (secondary N) is 1. The second kappa shape index (κ2) is 6.92. The second-order valence-electron chi connectivity index (χ2n) is 5.02. The quantitative estimate of drug-likeness (QED) is 0.589. The number of nitrogen functional groups attached to an aromatic ring is 1. The highest BCUT2D eigenvalue weighted by atomic mass is 35.5. The highest BCUT2D eigenvalue weighted by Crippen LogP contribution is 2.25. The Morgan fingerprint density at radius 3 is 2.95 bits per heavy atom. The number of hydrogen-bond donors (Lipinski definition) is 3. The SMILES string of the molecule is NNc1ccc(Cl)cc1C(=O)N1CCCCCC1CO. The molecule has 1 atom stereocenters. The van der Waals surface area contributed by atoms with E-state index in [2.05, 4.69) is 5.43 Å². The van der Waals surface area contributed by atoms with Gasteiger partial charge in [-0.25, -0.2) is 0 Å². The number of likely N-dealkylation sites (tertiary alicyclic amines) is 1. The third-order valence-corrected chi connectivity index (χ3v) is 3.95. The maximum atomic E-state index is 12.7. The minimum absolute atomic E-state index is 0.0162. The van der Waals surface area contributed by atoms with Crippen molar-refractivity contribution in [3.63, 3.8) is 0 Å². The first-order valence-electron chi connectivity index (χ1n) is 6.85. The normalized spacial score (nSPS) is 19.6. The van der Waals surface area contributed by atoms with Gasteiger partial charge in [-0.1, -0.05) is 24.4 Å². The van der Waals surface area contributed by atoms with Crippen LogP contribution in [0.1, 0.15) is 36.0 Å². The van der Waals surface area contributed by atoms with Gasteiger partial charge in [0.1, 0.15) is 0 Å². The number of aliphatic hydroxyl groups excluding tert-OH is 1. The summed E-state index contributed by atoms with van der Waals surface area (Å²) in [6.45, 7) is 0.637. The first-order chi connectivity index (χ1) is 9.67. The standard InChI is InChI=1S/C14H20ClN3O2/c15-10-5-6-13(17-16)12(8-10)14(20)18-7-3-1-2-4-11(18)9-19/h5-6,8,11,17,19H,1-4,7,9,16H2. The van der Waals surface area contributed by atoms with Gasteiger partial charge in [0.25, 0.3) is 5.91 Å². The van der Waals surface area contributed by atoms with Gasteiger partial charge in [-0.2, -0.15) is 0 Å². The summed E-state index contributed by atoms with van der Waals surface area (Å²) in [6, 6.07) is 4.84. The van der Waals surface area contributed by atoms with Crippen LogP contribution in [0.4, 0.5) is 5.69 Å². The van der Waals surface area contributed by atoms with Crippen molar-refractivity contribution in [3.8, 4) is 0 Å². The van der Waals surface area contributed by atoms with Gasteiger partial charge in [-0.3, -0.25) is 10.6 Å². The summed E-state index contributed by atoms with van der Waals surface area (Å²) in [4.78, 5) is 14.4. The molecule has 1 amide bonds. The molecule has 1 aliphatic rings. The summed E-state index contributed by atoms with van der Waals surface area (Å²) >= 11 is 5.97. The van der Waals surface area contributed by atoms with Crippen LogP contribution in [0.15, 0.2) is 18.2 Å². The average molecular weight is 298 g/mol. The van der Waals surface area contributed by atoms with Gasteiger partial charge < -0.3 is 15.4 Å². The largest absolute Gasteiger partial charge is 0.394 e. The Morgan fingerprint density at radius 2 is 2.25 bits per heavy atom. The Bertz CT molecular complexity index is 481. The first kappa shape index (κ1) is 15.1. The van der Waals surface area contributed by atoms with E-state index in [0.717, 1.165) is 25.7 Å². The molecule has 0 aliphatic carbocycles. The molecule has 1 aromatic carbocycles.